The lowest BCUT2D eigenvalue weighted by atomic mass is 9.94. The molecule has 2 aliphatic heterocycles. The second kappa shape index (κ2) is 7.23. The molecule has 0 atom stereocenters. The van der Waals surface area contributed by atoms with E-state index in [0.29, 0.717) is 32.5 Å². The molecule has 0 radical (unpaired) electrons. The Bertz CT molecular complexity index is 506. The van der Waals surface area contributed by atoms with E-state index in [-0.39, 0.29) is 29.0 Å². The van der Waals surface area contributed by atoms with Crippen LogP contribution in [0.15, 0.2) is 0 Å². The van der Waals surface area contributed by atoms with Crippen molar-refractivity contribution in [1.82, 2.24) is 9.80 Å². The number of ether oxygens (including phenoxy) is 2. The summed E-state index contributed by atoms with van der Waals surface area (Å²) in [4.78, 5) is 28.6. The van der Waals surface area contributed by atoms with Crippen LogP contribution in [0, 0.1) is 5.92 Å². The number of methoxy groups -OCH3 is 1. The number of nitrogens with zero attached hydrogens (tertiary/aromatic N) is 2. The monoisotopic (exact) mass is 352 g/mol. The highest BCUT2D eigenvalue weighted by Gasteiger charge is 2.46. The molecule has 1 spiro atoms. The van der Waals surface area contributed by atoms with Crippen LogP contribution in [-0.4, -0.2) is 72.7 Å². The molecule has 142 valence electrons. The number of rotatable bonds is 3. The van der Waals surface area contributed by atoms with Crippen molar-refractivity contribution >= 4 is 11.9 Å². The molecule has 2 saturated heterocycles. The third kappa shape index (κ3) is 4.34. The lowest BCUT2D eigenvalue weighted by molar-refractivity contribution is -0.195. The molecule has 1 amide bonds. The zero-order valence-electron chi connectivity index (χ0n) is 15.9. The van der Waals surface area contributed by atoms with Gasteiger partial charge in [0, 0.05) is 26.2 Å². The number of amides is 1. The van der Waals surface area contributed by atoms with E-state index in [9.17, 15) is 9.59 Å². The lowest BCUT2D eigenvalue weighted by Crippen LogP contribution is -2.60. The maximum Gasteiger partial charge on any atom is 0.308 e. The van der Waals surface area contributed by atoms with E-state index >= 15 is 0 Å². The Labute approximate surface area is 150 Å². The molecule has 0 bridgehead atoms. The highest BCUT2D eigenvalue weighted by Crippen LogP contribution is 2.40. The van der Waals surface area contributed by atoms with Crippen LogP contribution >= 0.6 is 0 Å². The number of carbonyl (C=O) groups is 2. The van der Waals surface area contributed by atoms with Gasteiger partial charge in [0.25, 0.3) is 0 Å². The normalized spacial score (nSPS) is 26.8. The second-order valence-corrected chi connectivity index (χ2v) is 8.58. The molecule has 0 aromatic rings. The van der Waals surface area contributed by atoms with Gasteiger partial charge in [-0.1, -0.05) is 12.8 Å². The van der Waals surface area contributed by atoms with Gasteiger partial charge in [0.2, 0.25) is 5.91 Å². The molecule has 6 nitrogen and oxygen atoms in total. The van der Waals surface area contributed by atoms with Gasteiger partial charge in [-0.25, -0.2) is 0 Å². The summed E-state index contributed by atoms with van der Waals surface area (Å²) in [5.74, 6) is -0.0301. The fourth-order valence-electron chi connectivity index (χ4n) is 4.87. The molecule has 2 heterocycles. The van der Waals surface area contributed by atoms with Crippen LogP contribution in [0.1, 0.15) is 52.4 Å². The topological polar surface area (TPSA) is 59.1 Å². The van der Waals surface area contributed by atoms with Crippen molar-refractivity contribution in [3.63, 3.8) is 0 Å². The van der Waals surface area contributed by atoms with Gasteiger partial charge in [0.1, 0.15) is 0 Å². The van der Waals surface area contributed by atoms with Crippen molar-refractivity contribution in [3.8, 4) is 0 Å². The summed E-state index contributed by atoms with van der Waals surface area (Å²) >= 11 is 0. The molecule has 25 heavy (non-hydrogen) atoms. The maximum absolute atomic E-state index is 12.8. The van der Waals surface area contributed by atoms with E-state index < -0.39 is 0 Å². The summed E-state index contributed by atoms with van der Waals surface area (Å²) in [6.45, 7) is 7.67. The van der Waals surface area contributed by atoms with Crippen molar-refractivity contribution in [1.29, 1.82) is 0 Å². The zero-order chi connectivity index (χ0) is 18.1. The summed E-state index contributed by atoms with van der Waals surface area (Å²) in [5.41, 5.74) is -0.263. The average Bonchev–Trinajstić information content (AvgIpc) is 2.99. The standard InChI is InChI=1S/C19H32N2O4/c1-18(2)13-20(14-19(25-18)8-4-5-9-19)12-16(22)21-10-6-15(7-11-21)17(23)24-3/h15H,4-14H2,1-3H3. The number of hydrogen-bond acceptors (Lipinski definition) is 5. The van der Waals surface area contributed by atoms with Crippen molar-refractivity contribution in [2.75, 3.05) is 39.8 Å². The fraction of sp³-hybridized carbons (Fsp3) is 0.895. The number of hydrogen-bond donors (Lipinski definition) is 0. The van der Waals surface area contributed by atoms with Crippen molar-refractivity contribution in [3.05, 3.63) is 0 Å². The van der Waals surface area contributed by atoms with Crippen LogP contribution in [0.4, 0.5) is 0 Å². The third-order valence-corrected chi connectivity index (χ3v) is 5.86. The summed E-state index contributed by atoms with van der Waals surface area (Å²) in [6.07, 6.45) is 6.06. The second-order valence-electron chi connectivity index (χ2n) is 8.58. The Morgan fingerprint density at radius 1 is 1.12 bits per heavy atom. The molecular formula is C19H32N2O4. The summed E-state index contributed by atoms with van der Waals surface area (Å²) in [5, 5.41) is 0. The number of carbonyl (C=O) groups excluding carboxylic acids is 2. The molecule has 1 aliphatic carbocycles. The van der Waals surface area contributed by atoms with Crippen molar-refractivity contribution in [2.45, 2.75) is 63.6 Å². The van der Waals surface area contributed by atoms with E-state index in [4.69, 9.17) is 9.47 Å². The van der Waals surface area contributed by atoms with Crippen LogP contribution in [-0.2, 0) is 19.1 Å². The van der Waals surface area contributed by atoms with Crippen LogP contribution in [0.5, 0.6) is 0 Å². The minimum Gasteiger partial charge on any atom is -0.469 e. The van der Waals surface area contributed by atoms with Crippen LogP contribution in [0.3, 0.4) is 0 Å². The summed E-state index contributed by atoms with van der Waals surface area (Å²) in [7, 11) is 1.43. The van der Waals surface area contributed by atoms with Crippen LogP contribution in [0.2, 0.25) is 0 Å². The van der Waals surface area contributed by atoms with E-state index in [1.54, 1.807) is 0 Å². The Balaban J connectivity index is 1.55. The molecule has 0 aromatic heterocycles. The van der Waals surface area contributed by atoms with Gasteiger partial charge in [-0.05, 0) is 39.5 Å². The van der Waals surface area contributed by atoms with Gasteiger partial charge in [-0.2, -0.15) is 0 Å². The Morgan fingerprint density at radius 2 is 1.76 bits per heavy atom. The first-order valence-corrected chi connectivity index (χ1v) is 9.61. The predicted molar refractivity (Wildman–Crippen MR) is 94.1 cm³/mol. The number of morpholine rings is 1. The first kappa shape index (κ1) is 18.6. The number of esters is 1. The highest BCUT2D eigenvalue weighted by atomic mass is 16.5. The molecule has 1 saturated carbocycles. The van der Waals surface area contributed by atoms with Gasteiger partial charge in [0.15, 0.2) is 0 Å². The quantitative estimate of drug-likeness (QED) is 0.725. The van der Waals surface area contributed by atoms with Crippen molar-refractivity contribution in [2.24, 2.45) is 5.92 Å². The van der Waals surface area contributed by atoms with Gasteiger partial charge in [-0.3, -0.25) is 14.5 Å². The Hall–Kier alpha value is -1.14. The molecule has 3 aliphatic rings. The Morgan fingerprint density at radius 3 is 2.36 bits per heavy atom. The van der Waals surface area contributed by atoms with Gasteiger partial charge in [-0.15, -0.1) is 0 Å². The molecule has 6 heteroatoms. The first-order valence-electron chi connectivity index (χ1n) is 9.61. The molecule has 3 fully saturated rings. The predicted octanol–water partition coefficient (Wildman–Crippen LogP) is 1.82. The highest BCUT2D eigenvalue weighted by molar-refractivity contribution is 5.79. The first-order chi connectivity index (χ1) is 11.8. The minimum absolute atomic E-state index is 0.0556. The number of piperidine rings is 1. The van der Waals surface area contributed by atoms with Gasteiger partial charge >= 0.3 is 5.97 Å². The maximum atomic E-state index is 12.8. The lowest BCUT2D eigenvalue weighted by Gasteiger charge is -2.49. The Kier molecular flexibility index (Phi) is 5.40. The fourth-order valence-corrected chi connectivity index (χ4v) is 4.87. The molecular weight excluding hydrogens is 320 g/mol. The molecule has 0 aromatic carbocycles. The molecule has 0 N–H and O–H groups in total. The minimum atomic E-state index is -0.208. The van der Waals surface area contributed by atoms with Crippen molar-refractivity contribution < 1.29 is 19.1 Å². The number of likely N-dealkylation sites (tertiary alicyclic amines) is 1. The molecule has 0 unspecified atom stereocenters. The van der Waals surface area contributed by atoms with E-state index in [1.165, 1.54) is 20.0 Å². The third-order valence-electron chi connectivity index (χ3n) is 5.86. The van der Waals surface area contributed by atoms with Gasteiger partial charge < -0.3 is 14.4 Å². The van der Waals surface area contributed by atoms with E-state index in [2.05, 4.69) is 18.7 Å². The van der Waals surface area contributed by atoms with E-state index in [0.717, 1.165) is 25.9 Å². The summed E-state index contributed by atoms with van der Waals surface area (Å²) < 4.78 is 11.2. The largest absolute Gasteiger partial charge is 0.469 e. The van der Waals surface area contributed by atoms with E-state index in [1.807, 2.05) is 4.90 Å². The zero-order valence-corrected chi connectivity index (χ0v) is 15.9. The van der Waals surface area contributed by atoms with Crippen LogP contribution in [0.25, 0.3) is 0 Å². The smallest absolute Gasteiger partial charge is 0.308 e. The van der Waals surface area contributed by atoms with Crippen LogP contribution < -0.4 is 0 Å². The molecule has 3 rings (SSSR count). The van der Waals surface area contributed by atoms with Gasteiger partial charge in [0.05, 0.1) is 30.8 Å². The SMILES string of the molecule is COC(=O)C1CCN(C(=O)CN2CC(C)(C)OC3(CCCC3)C2)CC1. The summed E-state index contributed by atoms with van der Waals surface area (Å²) in [6, 6.07) is 0. The average molecular weight is 352 g/mol.